The van der Waals surface area contributed by atoms with E-state index >= 15 is 0 Å². The van der Waals surface area contributed by atoms with Gasteiger partial charge in [0.1, 0.15) is 18.1 Å². The van der Waals surface area contributed by atoms with Crippen molar-refractivity contribution in [2.45, 2.75) is 26.0 Å². The van der Waals surface area contributed by atoms with Crippen LogP contribution in [0.2, 0.25) is 0 Å². The molecule has 0 aromatic heterocycles. The van der Waals surface area contributed by atoms with E-state index < -0.39 is 18.0 Å². The van der Waals surface area contributed by atoms with Gasteiger partial charge in [0, 0.05) is 42.0 Å². The van der Waals surface area contributed by atoms with Crippen LogP contribution in [-0.2, 0) is 9.59 Å². The quantitative estimate of drug-likeness (QED) is 0.711. The van der Waals surface area contributed by atoms with E-state index in [1.807, 2.05) is 62.3 Å². The van der Waals surface area contributed by atoms with Crippen LogP contribution >= 0.6 is 0 Å². The zero-order valence-corrected chi connectivity index (χ0v) is 17.5. The lowest BCUT2D eigenvalue weighted by molar-refractivity contribution is -0.163. The third-order valence-corrected chi connectivity index (χ3v) is 6.24. The second-order valence-corrected chi connectivity index (χ2v) is 8.24. The summed E-state index contributed by atoms with van der Waals surface area (Å²) in [5.74, 6) is -1.61. The summed E-state index contributed by atoms with van der Waals surface area (Å²) in [6.07, 6.45) is -0.820. The highest BCUT2D eigenvalue weighted by atomic mass is 16.5. The number of benzene rings is 2. The minimum absolute atomic E-state index is 0.0105. The number of amides is 1. The predicted octanol–water partition coefficient (Wildman–Crippen LogP) is 2.48. The Morgan fingerprint density at radius 1 is 1.20 bits per heavy atom. The highest BCUT2D eigenvalue weighted by molar-refractivity contribution is 6.00. The average molecular weight is 410 g/mol. The van der Waals surface area contributed by atoms with Crippen molar-refractivity contribution in [3.8, 4) is 5.75 Å². The minimum Gasteiger partial charge on any atom is -0.488 e. The topological polar surface area (TPSA) is 90.3 Å². The van der Waals surface area contributed by atoms with E-state index in [0.717, 1.165) is 16.5 Å². The van der Waals surface area contributed by atoms with Gasteiger partial charge in [0.25, 0.3) is 0 Å². The molecule has 0 bridgehead atoms. The van der Waals surface area contributed by atoms with Crippen LogP contribution in [0.5, 0.6) is 5.75 Å². The van der Waals surface area contributed by atoms with E-state index in [-0.39, 0.29) is 30.2 Å². The lowest BCUT2D eigenvalue weighted by Gasteiger charge is -2.46. The molecule has 2 aromatic carbocycles. The van der Waals surface area contributed by atoms with E-state index in [1.54, 1.807) is 6.92 Å². The average Bonchev–Trinajstić information content (AvgIpc) is 2.93. The van der Waals surface area contributed by atoms with Crippen LogP contribution in [0.4, 0.5) is 5.69 Å². The van der Waals surface area contributed by atoms with Crippen molar-refractivity contribution in [1.82, 2.24) is 4.90 Å². The molecule has 1 saturated heterocycles. The van der Waals surface area contributed by atoms with Crippen molar-refractivity contribution >= 4 is 28.3 Å². The fraction of sp³-hybridized carbons (Fsp3) is 0.391. The number of carbonyl (C=O) groups is 2. The molecule has 2 aromatic rings. The van der Waals surface area contributed by atoms with Gasteiger partial charge in [0.2, 0.25) is 5.91 Å². The lowest BCUT2D eigenvalue weighted by atomic mass is 9.78. The number of hydrogen-bond acceptors (Lipinski definition) is 5. The summed E-state index contributed by atoms with van der Waals surface area (Å²) < 4.78 is 6.10. The van der Waals surface area contributed by atoms with E-state index in [9.17, 15) is 19.8 Å². The Kier molecular flexibility index (Phi) is 4.94. The van der Waals surface area contributed by atoms with Crippen LogP contribution in [-0.4, -0.2) is 59.8 Å². The second-order valence-electron chi connectivity index (χ2n) is 8.24. The fourth-order valence-electron chi connectivity index (χ4n) is 4.77. The molecule has 0 saturated carbocycles. The molecule has 158 valence electrons. The molecule has 4 atom stereocenters. The standard InChI is InChI=1S/C23H26N2O5/c1-12-16(21(23(28)29)25-20(12)19(13(2)26)22(25)27)11-30-18-10-6-7-14-15(18)8-5-9-17(14)24(3)4/h5-10,12-13,19-20,26H,11H2,1-4H3,(H,28,29)/t12-,13+,19+,20?/m0/s1. The summed E-state index contributed by atoms with van der Waals surface area (Å²) in [5.41, 5.74) is 1.63. The van der Waals surface area contributed by atoms with Crippen LogP contribution in [0.15, 0.2) is 47.7 Å². The van der Waals surface area contributed by atoms with Gasteiger partial charge in [0.15, 0.2) is 0 Å². The number of β-lactam (4-membered cyclic amide) rings is 1. The summed E-state index contributed by atoms with van der Waals surface area (Å²) in [5, 5.41) is 21.7. The number of aliphatic hydroxyl groups excluding tert-OH is 1. The van der Waals surface area contributed by atoms with Gasteiger partial charge in [-0.05, 0) is 19.1 Å². The minimum atomic E-state index is -1.15. The van der Waals surface area contributed by atoms with Crippen LogP contribution in [0.25, 0.3) is 10.8 Å². The van der Waals surface area contributed by atoms with Gasteiger partial charge in [0.05, 0.1) is 18.1 Å². The van der Waals surface area contributed by atoms with Crippen molar-refractivity contribution in [2.75, 3.05) is 25.6 Å². The van der Waals surface area contributed by atoms with Gasteiger partial charge in [-0.2, -0.15) is 0 Å². The summed E-state index contributed by atoms with van der Waals surface area (Å²) in [6, 6.07) is 11.4. The molecule has 2 aliphatic heterocycles. The van der Waals surface area contributed by atoms with Crippen molar-refractivity contribution in [1.29, 1.82) is 0 Å². The SMILES string of the molecule is C[C@H]1C(COc2cccc3c(N(C)C)cccc23)=C(C(=O)O)N2C(=O)[C@H]([C@@H](C)O)C12. The van der Waals surface area contributed by atoms with Crippen molar-refractivity contribution < 1.29 is 24.5 Å². The van der Waals surface area contributed by atoms with Crippen LogP contribution in [0.3, 0.4) is 0 Å². The van der Waals surface area contributed by atoms with Crippen LogP contribution in [0.1, 0.15) is 13.8 Å². The molecule has 2 heterocycles. The fourth-order valence-corrected chi connectivity index (χ4v) is 4.77. The van der Waals surface area contributed by atoms with Gasteiger partial charge in [-0.25, -0.2) is 4.79 Å². The maximum atomic E-state index is 12.5. The molecule has 7 heteroatoms. The molecular weight excluding hydrogens is 384 g/mol. The maximum absolute atomic E-state index is 12.5. The zero-order chi connectivity index (χ0) is 21.7. The Labute approximate surface area is 175 Å². The smallest absolute Gasteiger partial charge is 0.352 e. The number of ether oxygens (including phenoxy) is 1. The summed E-state index contributed by atoms with van der Waals surface area (Å²) >= 11 is 0. The molecule has 1 fully saturated rings. The van der Waals surface area contributed by atoms with Gasteiger partial charge >= 0.3 is 5.97 Å². The Hall–Kier alpha value is -3.06. The first-order valence-corrected chi connectivity index (χ1v) is 10.0. The molecule has 1 unspecified atom stereocenters. The van der Waals surface area contributed by atoms with E-state index in [2.05, 4.69) is 0 Å². The Balaban J connectivity index is 1.66. The number of fused-ring (bicyclic) bond motifs is 2. The lowest BCUT2D eigenvalue weighted by Crippen LogP contribution is -2.63. The van der Waals surface area contributed by atoms with E-state index in [4.69, 9.17) is 4.74 Å². The summed E-state index contributed by atoms with van der Waals surface area (Å²) in [6.45, 7) is 3.53. The number of hydrogen-bond donors (Lipinski definition) is 2. The maximum Gasteiger partial charge on any atom is 0.352 e. The van der Waals surface area contributed by atoms with Crippen LogP contribution in [0, 0.1) is 11.8 Å². The highest BCUT2D eigenvalue weighted by Gasteiger charge is 2.59. The number of carboxylic acids is 1. The number of aliphatic carboxylic acids is 1. The first-order chi connectivity index (χ1) is 14.2. The number of aliphatic hydroxyl groups is 1. The van der Waals surface area contributed by atoms with Gasteiger partial charge < -0.3 is 24.7 Å². The Morgan fingerprint density at radius 2 is 1.87 bits per heavy atom. The molecule has 30 heavy (non-hydrogen) atoms. The molecule has 1 amide bonds. The molecule has 7 nitrogen and oxygen atoms in total. The number of carbonyl (C=O) groups excluding carboxylic acids is 1. The van der Waals surface area contributed by atoms with E-state index in [0.29, 0.717) is 11.3 Å². The highest BCUT2D eigenvalue weighted by Crippen LogP contribution is 2.47. The van der Waals surface area contributed by atoms with Gasteiger partial charge in [-0.15, -0.1) is 0 Å². The second kappa shape index (κ2) is 7.32. The monoisotopic (exact) mass is 410 g/mol. The van der Waals surface area contributed by atoms with Gasteiger partial charge in [-0.3, -0.25) is 4.79 Å². The van der Waals surface area contributed by atoms with Crippen LogP contribution < -0.4 is 9.64 Å². The molecule has 0 radical (unpaired) electrons. The molecule has 2 aliphatic rings. The van der Waals surface area contributed by atoms with Crippen molar-refractivity contribution in [3.05, 3.63) is 47.7 Å². The number of carboxylic acid groups (broad SMARTS) is 1. The normalized spacial score (nSPS) is 24.0. The van der Waals surface area contributed by atoms with Crippen molar-refractivity contribution in [3.63, 3.8) is 0 Å². The number of rotatable bonds is 6. The Morgan fingerprint density at radius 3 is 2.50 bits per heavy atom. The predicted molar refractivity (Wildman–Crippen MR) is 113 cm³/mol. The largest absolute Gasteiger partial charge is 0.488 e. The van der Waals surface area contributed by atoms with Gasteiger partial charge in [-0.1, -0.05) is 31.2 Å². The molecule has 2 N–H and O–H groups in total. The number of nitrogens with zero attached hydrogens (tertiary/aromatic N) is 2. The molecule has 4 rings (SSSR count). The van der Waals surface area contributed by atoms with E-state index in [1.165, 1.54) is 4.90 Å². The molecule has 0 aliphatic carbocycles. The molecule has 0 spiro atoms. The summed E-state index contributed by atoms with van der Waals surface area (Å²) in [7, 11) is 3.96. The summed E-state index contributed by atoms with van der Waals surface area (Å²) in [4.78, 5) is 27.7. The third-order valence-electron chi connectivity index (χ3n) is 6.24. The first kappa shape index (κ1) is 20.2. The Bertz CT molecular complexity index is 1060. The number of anilines is 1. The first-order valence-electron chi connectivity index (χ1n) is 10.0. The van der Waals surface area contributed by atoms with Crippen molar-refractivity contribution in [2.24, 2.45) is 11.8 Å². The third kappa shape index (κ3) is 2.92. The molecular formula is C23H26N2O5. The zero-order valence-electron chi connectivity index (χ0n) is 17.5.